The Morgan fingerprint density at radius 1 is 1.40 bits per heavy atom. The minimum absolute atomic E-state index is 0.199. The van der Waals surface area contributed by atoms with Crippen LogP contribution in [0.2, 0.25) is 0 Å². The molecule has 0 fully saturated rings. The van der Waals surface area contributed by atoms with Crippen molar-refractivity contribution in [2.24, 2.45) is 0 Å². The van der Waals surface area contributed by atoms with E-state index in [1.54, 1.807) is 13.8 Å². The quantitative estimate of drug-likeness (QED) is 0.637. The fourth-order valence-corrected chi connectivity index (χ4v) is 1.81. The third-order valence-corrected chi connectivity index (χ3v) is 5.24. The van der Waals surface area contributed by atoms with Crippen LogP contribution in [0.1, 0.15) is 19.4 Å². The molecule has 0 saturated carbocycles. The third kappa shape index (κ3) is 3.97. The molecular weight excluding hydrogens is 287 g/mol. The lowest BCUT2D eigenvalue weighted by Crippen LogP contribution is -2.41. The summed E-state index contributed by atoms with van der Waals surface area (Å²) in [7, 11) is -3.21. The van der Waals surface area contributed by atoms with Crippen molar-refractivity contribution in [1.82, 2.24) is 5.32 Å². The van der Waals surface area contributed by atoms with E-state index in [1.807, 2.05) is 0 Å². The number of nitrogens with zero attached hydrogens (tertiary/aromatic N) is 1. The van der Waals surface area contributed by atoms with E-state index in [9.17, 15) is 22.9 Å². The van der Waals surface area contributed by atoms with Crippen molar-refractivity contribution < 1.29 is 17.7 Å². The van der Waals surface area contributed by atoms with Gasteiger partial charge in [0.25, 0.3) is 0 Å². The number of hydrogen-bond acceptors (Lipinski definition) is 5. The van der Waals surface area contributed by atoms with E-state index in [0.717, 1.165) is 18.4 Å². The van der Waals surface area contributed by atoms with Gasteiger partial charge in [-0.1, -0.05) is 6.07 Å². The minimum Gasteiger partial charge on any atom is -0.311 e. The average molecular weight is 304 g/mol. The second-order valence-electron chi connectivity index (χ2n) is 5.18. The fraction of sp³-hybridized carbons (Fsp3) is 0.500. The molecule has 0 aromatic heterocycles. The maximum absolute atomic E-state index is 13.4. The van der Waals surface area contributed by atoms with Gasteiger partial charge in [0, 0.05) is 25.4 Å². The molecule has 0 unspecified atom stereocenters. The number of sulfone groups is 1. The zero-order chi connectivity index (χ0) is 15.6. The average Bonchev–Trinajstić information content (AvgIpc) is 2.26. The second-order valence-corrected chi connectivity index (χ2v) is 7.83. The standard InChI is InChI=1S/C12H17FN2O4S/c1-12(2,20(3,18)19)8-14-7-9-4-5-11(15(16)17)10(13)6-9/h4-6,14H,7-8H2,1-3H3. The Kier molecular flexibility index (Phi) is 4.82. The smallest absolute Gasteiger partial charge is 0.304 e. The van der Waals surface area contributed by atoms with E-state index < -0.39 is 31.0 Å². The Hall–Kier alpha value is -1.54. The van der Waals surface area contributed by atoms with Crippen LogP contribution in [0.3, 0.4) is 0 Å². The van der Waals surface area contributed by atoms with E-state index >= 15 is 0 Å². The monoisotopic (exact) mass is 304 g/mol. The molecule has 1 rings (SSSR count). The van der Waals surface area contributed by atoms with E-state index in [0.29, 0.717) is 5.56 Å². The normalized spacial score (nSPS) is 12.4. The first kappa shape index (κ1) is 16.5. The molecule has 0 amide bonds. The summed E-state index contributed by atoms with van der Waals surface area (Å²) in [4.78, 5) is 9.68. The minimum atomic E-state index is -3.21. The summed E-state index contributed by atoms with van der Waals surface area (Å²) < 4.78 is 35.4. The Morgan fingerprint density at radius 2 is 2.00 bits per heavy atom. The summed E-state index contributed by atoms with van der Waals surface area (Å²) in [5.41, 5.74) is -0.0670. The zero-order valence-electron chi connectivity index (χ0n) is 11.5. The molecular formula is C12H17FN2O4S. The van der Waals surface area contributed by atoms with Gasteiger partial charge in [-0.25, -0.2) is 8.42 Å². The number of nitrogens with one attached hydrogen (secondary N) is 1. The van der Waals surface area contributed by atoms with Crippen LogP contribution in [-0.4, -0.2) is 30.9 Å². The lowest BCUT2D eigenvalue weighted by Gasteiger charge is -2.22. The van der Waals surface area contributed by atoms with E-state index in [1.165, 1.54) is 6.07 Å². The fourth-order valence-electron chi connectivity index (χ4n) is 1.45. The van der Waals surface area contributed by atoms with Crippen molar-refractivity contribution in [2.75, 3.05) is 12.8 Å². The number of halogens is 1. The van der Waals surface area contributed by atoms with Crippen LogP contribution >= 0.6 is 0 Å². The Bertz CT molecular complexity index is 614. The van der Waals surface area contributed by atoms with Crippen LogP contribution in [0.4, 0.5) is 10.1 Å². The number of nitro groups is 1. The molecule has 0 aliphatic carbocycles. The molecule has 0 atom stereocenters. The maximum atomic E-state index is 13.4. The highest BCUT2D eigenvalue weighted by Crippen LogP contribution is 2.18. The molecule has 20 heavy (non-hydrogen) atoms. The summed E-state index contributed by atoms with van der Waals surface area (Å²) in [6.07, 6.45) is 1.15. The van der Waals surface area contributed by atoms with Crippen LogP contribution in [0, 0.1) is 15.9 Å². The molecule has 0 aliphatic rings. The Balaban J connectivity index is 2.68. The molecule has 0 radical (unpaired) electrons. The zero-order valence-corrected chi connectivity index (χ0v) is 12.3. The van der Waals surface area contributed by atoms with Gasteiger partial charge in [0.2, 0.25) is 5.82 Å². The summed E-state index contributed by atoms with van der Waals surface area (Å²) in [6, 6.07) is 3.59. The van der Waals surface area contributed by atoms with Gasteiger partial charge in [0.05, 0.1) is 9.67 Å². The summed E-state index contributed by atoms with van der Waals surface area (Å²) >= 11 is 0. The van der Waals surface area contributed by atoms with Crippen molar-refractivity contribution in [1.29, 1.82) is 0 Å². The highest BCUT2D eigenvalue weighted by molar-refractivity contribution is 7.92. The van der Waals surface area contributed by atoms with E-state index in [2.05, 4.69) is 5.32 Å². The molecule has 8 heteroatoms. The van der Waals surface area contributed by atoms with Crippen molar-refractivity contribution in [3.63, 3.8) is 0 Å². The van der Waals surface area contributed by atoms with E-state index in [-0.39, 0.29) is 13.1 Å². The highest BCUT2D eigenvalue weighted by Gasteiger charge is 2.29. The number of hydrogen-bond donors (Lipinski definition) is 1. The van der Waals surface area contributed by atoms with Crippen molar-refractivity contribution in [2.45, 2.75) is 25.1 Å². The largest absolute Gasteiger partial charge is 0.311 e. The van der Waals surface area contributed by atoms with Gasteiger partial charge in [-0.2, -0.15) is 4.39 Å². The molecule has 1 N–H and O–H groups in total. The molecule has 0 saturated heterocycles. The maximum Gasteiger partial charge on any atom is 0.304 e. The highest BCUT2D eigenvalue weighted by atomic mass is 32.2. The molecule has 0 bridgehead atoms. The first-order valence-corrected chi connectivity index (χ1v) is 7.77. The SMILES string of the molecule is CC(C)(CNCc1ccc([N+](=O)[O-])c(F)c1)S(C)(=O)=O. The third-order valence-electron chi connectivity index (χ3n) is 3.09. The van der Waals surface area contributed by atoms with Gasteiger partial charge in [-0.3, -0.25) is 10.1 Å². The molecule has 0 aliphatic heterocycles. The second kappa shape index (κ2) is 5.84. The summed E-state index contributed by atoms with van der Waals surface area (Å²) in [6.45, 7) is 3.61. The summed E-state index contributed by atoms with van der Waals surface area (Å²) in [5, 5.41) is 13.4. The molecule has 6 nitrogen and oxygen atoms in total. The van der Waals surface area contributed by atoms with Gasteiger partial charge in [-0.15, -0.1) is 0 Å². The van der Waals surface area contributed by atoms with Crippen molar-refractivity contribution in [3.05, 3.63) is 39.7 Å². The van der Waals surface area contributed by atoms with Crippen molar-refractivity contribution >= 4 is 15.5 Å². The number of nitro benzene ring substituents is 1. The van der Waals surface area contributed by atoms with Gasteiger partial charge in [-0.05, 0) is 25.5 Å². The predicted octanol–water partition coefficient (Wildman–Crippen LogP) is 1.65. The van der Waals surface area contributed by atoms with Crippen molar-refractivity contribution in [3.8, 4) is 0 Å². The van der Waals surface area contributed by atoms with Crippen LogP contribution in [0.5, 0.6) is 0 Å². The lowest BCUT2D eigenvalue weighted by molar-refractivity contribution is -0.387. The number of rotatable bonds is 6. The number of benzene rings is 1. The lowest BCUT2D eigenvalue weighted by atomic mass is 10.1. The topological polar surface area (TPSA) is 89.3 Å². The first-order chi connectivity index (χ1) is 9.04. The predicted molar refractivity (Wildman–Crippen MR) is 73.7 cm³/mol. The van der Waals surface area contributed by atoms with Crippen LogP contribution in [0.25, 0.3) is 0 Å². The molecule has 0 spiro atoms. The molecule has 1 aromatic carbocycles. The van der Waals surface area contributed by atoms with Gasteiger partial charge < -0.3 is 5.32 Å². The molecule has 0 heterocycles. The van der Waals surface area contributed by atoms with Gasteiger partial charge in [0.1, 0.15) is 0 Å². The summed E-state index contributed by atoms with van der Waals surface area (Å²) in [5.74, 6) is -0.906. The van der Waals surface area contributed by atoms with Gasteiger partial charge in [0.15, 0.2) is 9.84 Å². The van der Waals surface area contributed by atoms with Crippen LogP contribution in [0.15, 0.2) is 18.2 Å². The Labute approximate surface area is 117 Å². The van der Waals surface area contributed by atoms with Crippen LogP contribution in [-0.2, 0) is 16.4 Å². The van der Waals surface area contributed by atoms with E-state index in [4.69, 9.17) is 0 Å². The molecule has 1 aromatic rings. The van der Waals surface area contributed by atoms with Crippen LogP contribution < -0.4 is 5.32 Å². The Morgan fingerprint density at radius 3 is 2.45 bits per heavy atom. The molecule has 112 valence electrons. The van der Waals surface area contributed by atoms with Gasteiger partial charge >= 0.3 is 5.69 Å². The first-order valence-electron chi connectivity index (χ1n) is 5.88.